The molecule has 1 saturated heterocycles. The molecule has 7 heteroatoms. The summed E-state index contributed by atoms with van der Waals surface area (Å²) in [7, 11) is -3.59. The summed E-state index contributed by atoms with van der Waals surface area (Å²) in [5.41, 5.74) is 5.89. The number of piperidine rings is 1. The average Bonchev–Trinajstić information content (AvgIpc) is 2.26. The lowest BCUT2D eigenvalue weighted by molar-refractivity contribution is 0.254. The predicted octanol–water partition coefficient (Wildman–Crippen LogP) is 2.35. The Morgan fingerprint density at radius 2 is 1.79 bits per heavy atom. The van der Waals surface area contributed by atoms with Crippen LogP contribution in [0.1, 0.15) is 13.3 Å². The van der Waals surface area contributed by atoms with Crippen LogP contribution < -0.4 is 5.73 Å². The van der Waals surface area contributed by atoms with Crippen LogP contribution in [0, 0.1) is 5.92 Å². The van der Waals surface area contributed by atoms with Crippen molar-refractivity contribution in [3.8, 4) is 0 Å². The van der Waals surface area contributed by atoms with Crippen LogP contribution in [0.15, 0.2) is 23.1 Å². The zero-order chi connectivity index (χ0) is 14.2. The second-order valence-electron chi connectivity index (χ2n) is 5.03. The molecule has 0 amide bonds. The van der Waals surface area contributed by atoms with Crippen LogP contribution in [0.25, 0.3) is 0 Å². The Morgan fingerprint density at radius 3 is 2.32 bits per heavy atom. The molecule has 1 fully saturated rings. The van der Waals surface area contributed by atoms with Gasteiger partial charge in [0.25, 0.3) is 0 Å². The topological polar surface area (TPSA) is 63.4 Å². The number of benzene rings is 1. The molecule has 2 atom stereocenters. The fourth-order valence-corrected chi connectivity index (χ4v) is 4.72. The molecular weight excluding hydrogens is 307 g/mol. The largest absolute Gasteiger partial charge is 0.326 e. The molecule has 2 N–H and O–H groups in total. The minimum Gasteiger partial charge on any atom is -0.326 e. The van der Waals surface area contributed by atoms with Gasteiger partial charge >= 0.3 is 0 Å². The van der Waals surface area contributed by atoms with Crippen LogP contribution >= 0.6 is 23.2 Å². The molecule has 0 aliphatic carbocycles. The number of rotatable bonds is 2. The molecule has 1 aromatic rings. The van der Waals surface area contributed by atoms with E-state index in [1.165, 1.54) is 22.5 Å². The van der Waals surface area contributed by atoms with Crippen molar-refractivity contribution >= 4 is 33.2 Å². The second-order valence-corrected chi connectivity index (χ2v) is 7.84. The van der Waals surface area contributed by atoms with Crippen LogP contribution in [0.3, 0.4) is 0 Å². The fourth-order valence-electron chi connectivity index (χ4n) is 2.37. The number of hydrogen-bond donors (Lipinski definition) is 1. The van der Waals surface area contributed by atoms with Crippen molar-refractivity contribution in [3.63, 3.8) is 0 Å². The quantitative estimate of drug-likeness (QED) is 0.909. The van der Waals surface area contributed by atoms with Crippen LogP contribution in [0.2, 0.25) is 10.0 Å². The highest BCUT2D eigenvalue weighted by atomic mass is 35.5. The molecular formula is C12H16Cl2N2O2S. The highest BCUT2D eigenvalue weighted by molar-refractivity contribution is 7.89. The lowest BCUT2D eigenvalue weighted by Gasteiger charge is -2.33. The van der Waals surface area contributed by atoms with E-state index in [9.17, 15) is 8.42 Å². The van der Waals surface area contributed by atoms with Crippen LogP contribution in [-0.4, -0.2) is 31.9 Å². The summed E-state index contributed by atoms with van der Waals surface area (Å²) in [6.45, 7) is 2.80. The maximum Gasteiger partial charge on any atom is 0.243 e. The minimum atomic E-state index is -3.59. The summed E-state index contributed by atoms with van der Waals surface area (Å²) in [4.78, 5) is 0.117. The van der Waals surface area contributed by atoms with Gasteiger partial charge in [-0.2, -0.15) is 4.31 Å². The molecule has 1 heterocycles. The molecule has 1 aromatic carbocycles. The van der Waals surface area contributed by atoms with E-state index in [4.69, 9.17) is 28.9 Å². The molecule has 2 unspecified atom stereocenters. The first kappa shape index (κ1) is 15.1. The van der Waals surface area contributed by atoms with Crippen LogP contribution in [0.5, 0.6) is 0 Å². The standard InChI is InChI=1S/C12H16Cl2N2O2S/c1-8-2-11(15)7-16(6-8)19(17,18)12-4-9(13)3-10(14)5-12/h3-5,8,11H,2,6-7,15H2,1H3. The van der Waals surface area contributed by atoms with Gasteiger partial charge in [-0.25, -0.2) is 8.42 Å². The van der Waals surface area contributed by atoms with Crippen molar-refractivity contribution in [2.24, 2.45) is 11.7 Å². The summed E-state index contributed by atoms with van der Waals surface area (Å²) < 4.78 is 26.5. The Kier molecular flexibility index (Phi) is 4.42. The average molecular weight is 323 g/mol. The van der Waals surface area contributed by atoms with Gasteiger partial charge in [0.15, 0.2) is 0 Å². The van der Waals surface area contributed by atoms with Gasteiger partial charge in [0, 0.05) is 29.2 Å². The lowest BCUT2D eigenvalue weighted by atomic mass is 9.99. The molecule has 106 valence electrons. The van der Waals surface area contributed by atoms with Gasteiger partial charge in [0.2, 0.25) is 10.0 Å². The Hall–Kier alpha value is -0.330. The first-order valence-electron chi connectivity index (χ1n) is 6.01. The second kappa shape index (κ2) is 5.58. The Morgan fingerprint density at radius 1 is 1.21 bits per heavy atom. The third-order valence-electron chi connectivity index (χ3n) is 3.13. The van der Waals surface area contributed by atoms with E-state index in [1.54, 1.807) is 0 Å². The molecule has 0 spiro atoms. The number of sulfonamides is 1. The zero-order valence-corrected chi connectivity index (χ0v) is 12.8. The maximum absolute atomic E-state index is 12.5. The van der Waals surface area contributed by atoms with Crippen LogP contribution in [-0.2, 0) is 10.0 Å². The number of nitrogens with two attached hydrogens (primary N) is 1. The summed E-state index contributed by atoms with van der Waals surface area (Å²) in [6, 6.07) is 4.20. The van der Waals surface area contributed by atoms with Gasteiger partial charge in [-0.1, -0.05) is 30.1 Å². The van der Waals surface area contributed by atoms with Crippen molar-refractivity contribution in [1.82, 2.24) is 4.31 Å². The SMILES string of the molecule is CC1CC(N)CN(S(=O)(=O)c2cc(Cl)cc(Cl)c2)C1. The van der Waals surface area contributed by atoms with E-state index in [-0.39, 0.29) is 16.9 Å². The normalized spacial score (nSPS) is 25.5. The number of nitrogens with zero attached hydrogens (tertiary/aromatic N) is 1. The van der Waals surface area contributed by atoms with E-state index < -0.39 is 10.0 Å². The monoisotopic (exact) mass is 322 g/mol. The van der Waals surface area contributed by atoms with E-state index in [0.717, 1.165) is 6.42 Å². The lowest BCUT2D eigenvalue weighted by Crippen LogP contribution is -2.48. The van der Waals surface area contributed by atoms with Crippen LogP contribution in [0.4, 0.5) is 0 Å². The third-order valence-corrected chi connectivity index (χ3v) is 5.38. The predicted molar refractivity (Wildman–Crippen MR) is 77.0 cm³/mol. The third kappa shape index (κ3) is 3.41. The molecule has 1 aliphatic rings. The summed E-state index contributed by atoms with van der Waals surface area (Å²) in [6.07, 6.45) is 0.836. The Labute approximate surface area is 123 Å². The summed E-state index contributed by atoms with van der Waals surface area (Å²) in [5.74, 6) is 0.244. The molecule has 0 bridgehead atoms. The van der Waals surface area contributed by atoms with Gasteiger partial charge in [0.05, 0.1) is 4.90 Å². The van der Waals surface area contributed by atoms with Gasteiger partial charge in [0.1, 0.15) is 0 Å². The van der Waals surface area contributed by atoms with Crippen molar-refractivity contribution in [1.29, 1.82) is 0 Å². The smallest absolute Gasteiger partial charge is 0.243 e. The summed E-state index contributed by atoms with van der Waals surface area (Å²) in [5, 5.41) is 0.612. The van der Waals surface area contributed by atoms with Crippen molar-refractivity contribution in [3.05, 3.63) is 28.2 Å². The van der Waals surface area contributed by atoms with E-state index in [0.29, 0.717) is 23.1 Å². The highest BCUT2D eigenvalue weighted by Gasteiger charge is 2.32. The van der Waals surface area contributed by atoms with Crippen molar-refractivity contribution in [2.75, 3.05) is 13.1 Å². The van der Waals surface area contributed by atoms with E-state index in [1.807, 2.05) is 6.92 Å². The molecule has 0 aromatic heterocycles. The Bertz CT molecular complexity index is 547. The molecule has 0 saturated carbocycles. The van der Waals surface area contributed by atoms with Gasteiger partial charge < -0.3 is 5.73 Å². The molecule has 4 nitrogen and oxygen atoms in total. The zero-order valence-electron chi connectivity index (χ0n) is 10.5. The number of halogens is 2. The maximum atomic E-state index is 12.5. The van der Waals surface area contributed by atoms with Crippen molar-refractivity contribution in [2.45, 2.75) is 24.3 Å². The molecule has 1 aliphatic heterocycles. The number of hydrogen-bond acceptors (Lipinski definition) is 3. The fraction of sp³-hybridized carbons (Fsp3) is 0.500. The molecule has 0 radical (unpaired) electrons. The van der Waals surface area contributed by atoms with Gasteiger partial charge in [-0.3, -0.25) is 0 Å². The highest BCUT2D eigenvalue weighted by Crippen LogP contribution is 2.27. The van der Waals surface area contributed by atoms with Gasteiger partial charge in [-0.15, -0.1) is 0 Å². The molecule has 19 heavy (non-hydrogen) atoms. The van der Waals surface area contributed by atoms with E-state index >= 15 is 0 Å². The van der Waals surface area contributed by atoms with Crippen molar-refractivity contribution < 1.29 is 8.42 Å². The molecule has 2 rings (SSSR count). The minimum absolute atomic E-state index is 0.117. The first-order chi connectivity index (χ1) is 8.79. The summed E-state index contributed by atoms with van der Waals surface area (Å²) >= 11 is 11.7. The van der Waals surface area contributed by atoms with E-state index in [2.05, 4.69) is 0 Å². The first-order valence-corrected chi connectivity index (χ1v) is 8.20. The Balaban J connectivity index is 2.36. The van der Waals surface area contributed by atoms with Gasteiger partial charge in [-0.05, 0) is 30.5 Å².